The third-order valence-electron chi connectivity index (χ3n) is 3.52. The molecule has 0 saturated heterocycles. The van der Waals surface area contributed by atoms with Crippen molar-refractivity contribution in [2.75, 3.05) is 11.4 Å². The molecule has 1 aliphatic heterocycles. The quantitative estimate of drug-likeness (QED) is 0.896. The summed E-state index contributed by atoms with van der Waals surface area (Å²) in [6, 6.07) is 2.04. The zero-order valence-corrected chi connectivity index (χ0v) is 12.2. The first-order valence-corrected chi connectivity index (χ1v) is 6.96. The molecule has 0 radical (unpaired) electrons. The first kappa shape index (κ1) is 13.5. The predicted molar refractivity (Wildman–Crippen MR) is 77.6 cm³/mol. The minimum atomic E-state index is -0.0437. The van der Waals surface area contributed by atoms with Crippen LogP contribution in [0.15, 0.2) is 18.5 Å². The highest BCUT2D eigenvalue weighted by atomic mass is 16.1. The fourth-order valence-electron chi connectivity index (χ4n) is 2.52. The van der Waals surface area contributed by atoms with Crippen molar-refractivity contribution in [2.45, 2.75) is 33.5 Å². The molecule has 1 aliphatic rings. The molecule has 7 heteroatoms. The van der Waals surface area contributed by atoms with E-state index in [0.717, 1.165) is 42.5 Å². The number of anilines is 1. The third kappa shape index (κ3) is 2.86. The molecule has 0 aromatic carbocycles. The minimum absolute atomic E-state index is 0.0437. The molecule has 3 rings (SSSR count). The van der Waals surface area contributed by atoms with Gasteiger partial charge in [0.05, 0.1) is 36.7 Å². The monoisotopic (exact) mass is 286 g/mol. The lowest BCUT2D eigenvalue weighted by atomic mass is 10.2. The van der Waals surface area contributed by atoms with E-state index in [4.69, 9.17) is 0 Å². The largest absolute Gasteiger partial charge is 0.351 e. The molecule has 0 atom stereocenters. The highest BCUT2D eigenvalue weighted by Crippen LogP contribution is 2.21. The zero-order valence-electron chi connectivity index (χ0n) is 12.2. The van der Waals surface area contributed by atoms with Gasteiger partial charge in [-0.2, -0.15) is 5.10 Å². The summed E-state index contributed by atoms with van der Waals surface area (Å²) in [6.07, 6.45) is 3.43. The van der Waals surface area contributed by atoms with Crippen molar-refractivity contribution in [1.29, 1.82) is 0 Å². The number of fused-ring (bicyclic) bond motifs is 1. The summed E-state index contributed by atoms with van der Waals surface area (Å²) in [5.74, 6) is 0.881. The second kappa shape index (κ2) is 5.51. The van der Waals surface area contributed by atoms with E-state index in [9.17, 15) is 4.79 Å². The van der Waals surface area contributed by atoms with Gasteiger partial charge in [0, 0.05) is 25.9 Å². The number of hydrogen-bond donors (Lipinski definition) is 1. The van der Waals surface area contributed by atoms with Crippen LogP contribution in [-0.4, -0.2) is 32.2 Å². The Labute approximate surface area is 123 Å². The predicted octanol–water partition coefficient (Wildman–Crippen LogP) is 0.638. The van der Waals surface area contributed by atoms with Crippen LogP contribution in [0.4, 0.5) is 5.82 Å². The summed E-state index contributed by atoms with van der Waals surface area (Å²) in [6.45, 7) is 6.37. The number of nitrogens with zero attached hydrogens (tertiary/aromatic N) is 5. The Balaban J connectivity index is 1.76. The van der Waals surface area contributed by atoms with Crippen molar-refractivity contribution in [1.82, 2.24) is 25.1 Å². The first-order chi connectivity index (χ1) is 10.1. The highest BCUT2D eigenvalue weighted by Gasteiger charge is 2.20. The lowest BCUT2D eigenvalue weighted by Gasteiger charge is -2.29. The number of carbonyl (C=O) groups is 1. The maximum Gasteiger partial charge on any atom is 0.217 e. The van der Waals surface area contributed by atoms with E-state index in [-0.39, 0.29) is 5.91 Å². The first-order valence-electron chi connectivity index (χ1n) is 6.96. The van der Waals surface area contributed by atoms with Crippen LogP contribution in [-0.2, 0) is 24.4 Å². The fourth-order valence-corrected chi connectivity index (χ4v) is 2.52. The van der Waals surface area contributed by atoms with Crippen LogP contribution < -0.4 is 10.2 Å². The van der Waals surface area contributed by atoms with E-state index >= 15 is 0 Å². The van der Waals surface area contributed by atoms with Crippen LogP contribution in [0.2, 0.25) is 0 Å². The molecule has 1 amide bonds. The van der Waals surface area contributed by atoms with Gasteiger partial charge in [-0.05, 0) is 13.0 Å². The van der Waals surface area contributed by atoms with Crippen molar-refractivity contribution in [2.24, 2.45) is 0 Å². The number of aromatic nitrogens is 4. The molecule has 7 nitrogen and oxygen atoms in total. The maximum absolute atomic E-state index is 11.0. The van der Waals surface area contributed by atoms with E-state index in [0.29, 0.717) is 6.54 Å². The molecule has 0 unspecified atom stereocenters. The number of carbonyl (C=O) groups excluding carboxylic acids is 1. The van der Waals surface area contributed by atoms with Gasteiger partial charge in [-0.1, -0.05) is 0 Å². The number of nitrogens with one attached hydrogen (secondary N) is 1. The topological polar surface area (TPSA) is 75.9 Å². The molecule has 0 aliphatic carbocycles. The van der Waals surface area contributed by atoms with Crippen molar-refractivity contribution >= 4 is 11.7 Å². The van der Waals surface area contributed by atoms with Crippen LogP contribution in [0.1, 0.15) is 24.0 Å². The minimum Gasteiger partial charge on any atom is -0.351 e. The zero-order chi connectivity index (χ0) is 14.8. The molecule has 1 N–H and O–H groups in total. The number of rotatable bonds is 3. The average Bonchev–Trinajstić information content (AvgIpc) is 2.87. The second-order valence-electron chi connectivity index (χ2n) is 5.15. The van der Waals surface area contributed by atoms with Gasteiger partial charge in [0.25, 0.3) is 0 Å². The Kier molecular flexibility index (Phi) is 3.55. The van der Waals surface area contributed by atoms with Crippen molar-refractivity contribution in [3.8, 4) is 0 Å². The van der Waals surface area contributed by atoms with Crippen LogP contribution in [0, 0.1) is 6.92 Å². The van der Waals surface area contributed by atoms with Crippen molar-refractivity contribution in [3.05, 3.63) is 35.5 Å². The molecule has 0 spiro atoms. The van der Waals surface area contributed by atoms with E-state index in [2.05, 4.69) is 25.3 Å². The molecule has 3 heterocycles. The fraction of sp³-hybridized carbons (Fsp3) is 0.429. The Morgan fingerprint density at radius 3 is 2.90 bits per heavy atom. The average molecular weight is 286 g/mol. The Morgan fingerprint density at radius 1 is 1.33 bits per heavy atom. The third-order valence-corrected chi connectivity index (χ3v) is 3.52. The second-order valence-corrected chi connectivity index (χ2v) is 5.15. The molecular weight excluding hydrogens is 268 g/mol. The summed E-state index contributed by atoms with van der Waals surface area (Å²) >= 11 is 0. The molecular formula is C14H18N6O. The lowest BCUT2D eigenvalue weighted by molar-refractivity contribution is -0.119. The van der Waals surface area contributed by atoms with Gasteiger partial charge < -0.3 is 10.2 Å². The number of aryl methyl sites for hydroxylation is 1. The summed E-state index contributed by atoms with van der Waals surface area (Å²) in [7, 11) is 0. The van der Waals surface area contributed by atoms with Gasteiger partial charge in [-0.25, -0.2) is 4.98 Å². The standard InChI is InChI=1S/C14H18N6O/c1-10-14(16-4-3-15-10)19-5-6-20-13(9-19)7-12(18-20)8-17-11(2)21/h3-4,7H,5-6,8-9H2,1-2H3,(H,17,21). The summed E-state index contributed by atoms with van der Waals surface area (Å²) in [5.41, 5.74) is 2.95. The highest BCUT2D eigenvalue weighted by molar-refractivity contribution is 5.72. The van der Waals surface area contributed by atoms with Crippen molar-refractivity contribution < 1.29 is 4.79 Å². The number of hydrogen-bond acceptors (Lipinski definition) is 5. The summed E-state index contributed by atoms with van der Waals surface area (Å²) in [5, 5.41) is 7.28. The van der Waals surface area contributed by atoms with Crippen molar-refractivity contribution in [3.63, 3.8) is 0 Å². The molecule has 2 aromatic rings. The van der Waals surface area contributed by atoms with E-state index in [1.54, 1.807) is 12.4 Å². The number of amides is 1. The van der Waals surface area contributed by atoms with Gasteiger partial charge in [0.2, 0.25) is 5.91 Å². The SMILES string of the molecule is CC(=O)NCc1cc2n(n1)CCN(c1nccnc1C)C2. The van der Waals surface area contributed by atoms with E-state index < -0.39 is 0 Å². The van der Waals surface area contributed by atoms with Crippen LogP contribution in [0.25, 0.3) is 0 Å². The van der Waals surface area contributed by atoms with Gasteiger partial charge in [-0.15, -0.1) is 0 Å². The van der Waals surface area contributed by atoms with Crippen LogP contribution in [0.5, 0.6) is 0 Å². The lowest BCUT2D eigenvalue weighted by Crippen LogP contribution is -2.34. The van der Waals surface area contributed by atoms with Gasteiger partial charge >= 0.3 is 0 Å². The maximum atomic E-state index is 11.0. The molecule has 0 saturated carbocycles. The Hall–Kier alpha value is -2.44. The van der Waals surface area contributed by atoms with Crippen LogP contribution in [0.3, 0.4) is 0 Å². The van der Waals surface area contributed by atoms with E-state index in [1.807, 2.05) is 17.7 Å². The molecule has 0 fully saturated rings. The van der Waals surface area contributed by atoms with Gasteiger partial charge in [0.1, 0.15) is 5.82 Å². The van der Waals surface area contributed by atoms with Crippen LogP contribution >= 0.6 is 0 Å². The Bertz CT molecular complexity index is 665. The molecule has 0 bridgehead atoms. The normalized spacial score (nSPS) is 13.9. The summed E-state index contributed by atoms with van der Waals surface area (Å²) in [4.78, 5) is 21.9. The van der Waals surface area contributed by atoms with Gasteiger partial charge in [0.15, 0.2) is 0 Å². The van der Waals surface area contributed by atoms with E-state index in [1.165, 1.54) is 6.92 Å². The van der Waals surface area contributed by atoms with Gasteiger partial charge in [-0.3, -0.25) is 14.5 Å². The molecule has 2 aromatic heterocycles. The molecule has 110 valence electrons. The smallest absolute Gasteiger partial charge is 0.217 e. The summed E-state index contributed by atoms with van der Waals surface area (Å²) < 4.78 is 2.00. The Morgan fingerprint density at radius 2 is 2.14 bits per heavy atom. The molecule has 21 heavy (non-hydrogen) atoms.